The number of aromatic nitrogens is 1. The van der Waals surface area contributed by atoms with Gasteiger partial charge in [-0.3, -0.25) is 4.79 Å². The molecule has 0 aliphatic rings. The Bertz CT molecular complexity index is 310. The number of carbonyl (C=O) groups is 1. The van der Waals surface area contributed by atoms with Crippen molar-refractivity contribution in [1.29, 1.82) is 0 Å². The van der Waals surface area contributed by atoms with Crippen LogP contribution in [-0.4, -0.2) is 22.1 Å². The molecule has 0 aromatic carbocycles. The minimum absolute atomic E-state index is 0.0121. The second-order valence-corrected chi connectivity index (χ2v) is 4.28. The van der Waals surface area contributed by atoms with Gasteiger partial charge in [-0.2, -0.15) is 0 Å². The topological polar surface area (TPSA) is 62.2 Å². The normalized spacial score (nSPS) is 10.8. The first kappa shape index (κ1) is 11.1. The predicted molar refractivity (Wildman–Crippen MR) is 55.4 cm³/mol. The quantitative estimate of drug-likeness (QED) is 0.774. The highest BCUT2D eigenvalue weighted by atomic mass is 32.1. The van der Waals surface area contributed by atoms with E-state index in [1.807, 2.05) is 0 Å². The Morgan fingerprint density at radius 1 is 1.71 bits per heavy atom. The van der Waals surface area contributed by atoms with Crippen LogP contribution in [-0.2, 0) is 17.8 Å². The molecule has 1 aromatic heterocycles. The van der Waals surface area contributed by atoms with Gasteiger partial charge in [-0.1, -0.05) is 13.8 Å². The predicted octanol–water partition coefficient (Wildman–Crippen LogP) is 1.27. The molecule has 0 saturated heterocycles. The molecule has 0 atom stereocenters. The van der Waals surface area contributed by atoms with Gasteiger partial charge < -0.3 is 10.4 Å². The molecule has 0 radical (unpaired) electrons. The molecule has 14 heavy (non-hydrogen) atoms. The Balaban J connectivity index is 2.46. The van der Waals surface area contributed by atoms with E-state index in [0.717, 1.165) is 5.01 Å². The highest BCUT2D eigenvalue weighted by Gasteiger charge is 2.05. The molecule has 0 spiro atoms. The van der Waals surface area contributed by atoms with Crippen molar-refractivity contribution < 1.29 is 9.90 Å². The maximum Gasteiger partial charge on any atom is 0.309 e. The monoisotopic (exact) mass is 214 g/mol. The van der Waals surface area contributed by atoms with E-state index in [1.54, 1.807) is 5.38 Å². The van der Waals surface area contributed by atoms with Gasteiger partial charge in [0.1, 0.15) is 5.01 Å². The van der Waals surface area contributed by atoms with Gasteiger partial charge in [-0.15, -0.1) is 11.3 Å². The standard InChI is InChI=1S/C9H14N2O2S/c1-6(2)10-4-8-11-7(5-14-8)3-9(12)13/h5-6,10H,3-4H2,1-2H3,(H,12,13). The minimum Gasteiger partial charge on any atom is -0.481 e. The van der Waals surface area contributed by atoms with E-state index in [-0.39, 0.29) is 6.42 Å². The molecule has 4 nitrogen and oxygen atoms in total. The van der Waals surface area contributed by atoms with Gasteiger partial charge in [-0.25, -0.2) is 4.98 Å². The van der Waals surface area contributed by atoms with Crippen molar-refractivity contribution in [1.82, 2.24) is 10.3 Å². The van der Waals surface area contributed by atoms with Crippen molar-refractivity contribution in [2.75, 3.05) is 0 Å². The number of hydrogen-bond donors (Lipinski definition) is 2. The van der Waals surface area contributed by atoms with Crippen LogP contribution >= 0.6 is 11.3 Å². The molecule has 0 amide bonds. The van der Waals surface area contributed by atoms with Crippen molar-refractivity contribution in [3.63, 3.8) is 0 Å². The van der Waals surface area contributed by atoms with E-state index >= 15 is 0 Å². The second-order valence-electron chi connectivity index (χ2n) is 3.34. The molecule has 0 aliphatic heterocycles. The Morgan fingerprint density at radius 2 is 2.43 bits per heavy atom. The third-order valence-electron chi connectivity index (χ3n) is 1.59. The van der Waals surface area contributed by atoms with E-state index < -0.39 is 5.97 Å². The Labute approximate surface area is 87.0 Å². The number of aliphatic carboxylic acids is 1. The van der Waals surface area contributed by atoms with Gasteiger partial charge in [0.05, 0.1) is 12.1 Å². The van der Waals surface area contributed by atoms with Crippen LogP contribution in [0.2, 0.25) is 0 Å². The summed E-state index contributed by atoms with van der Waals surface area (Å²) >= 11 is 1.50. The summed E-state index contributed by atoms with van der Waals surface area (Å²) in [7, 11) is 0. The summed E-state index contributed by atoms with van der Waals surface area (Å²) in [4.78, 5) is 14.6. The fourth-order valence-electron chi connectivity index (χ4n) is 0.958. The van der Waals surface area contributed by atoms with Crippen molar-refractivity contribution in [3.8, 4) is 0 Å². The third-order valence-corrected chi connectivity index (χ3v) is 2.49. The maximum atomic E-state index is 10.4. The molecule has 0 unspecified atom stereocenters. The largest absolute Gasteiger partial charge is 0.481 e. The van der Waals surface area contributed by atoms with Crippen LogP contribution in [0.15, 0.2) is 5.38 Å². The van der Waals surface area contributed by atoms with Gasteiger partial charge >= 0.3 is 5.97 Å². The van der Waals surface area contributed by atoms with Crippen LogP contribution < -0.4 is 5.32 Å². The molecular formula is C9H14N2O2S. The van der Waals surface area contributed by atoms with Crippen LogP contribution in [0.25, 0.3) is 0 Å². The van der Waals surface area contributed by atoms with Crippen molar-refractivity contribution in [2.24, 2.45) is 0 Å². The van der Waals surface area contributed by atoms with Gasteiger partial charge in [0.15, 0.2) is 0 Å². The van der Waals surface area contributed by atoms with Crippen LogP contribution in [0.3, 0.4) is 0 Å². The summed E-state index contributed by atoms with van der Waals surface area (Å²) in [6.45, 7) is 4.83. The molecule has 0 fully saturated rings. The lowest BCUT2D eigenvalue weighted by Crippen LogP contribution is -2.21. The fraction of sp³-hybridized carbons (Fsp3) is 0.556. The Kier molecular flexibility index (Phi) is 4.03. The third kappa shape index (κ3) is 3.85. The molecular weight excluding hydrogens is 200 g/mol. The summed E-state index contributed by atoms with van der Waals surface area (Å²) in [5, 5.41) is 14.5. The summed E-state index contributed by atoms with van der Waals surface area (Å²) in [5.41, 5.74) is 0.642. The molecule has 1 heterocycles. The summed E-state index contributed by atoms with van der Waals surface area (Å²) in [5.74, 6) is -0.835. The van der Waals surface area contributed by atoms with Crippen molar-refractivity contribution >= 4 is 17.3 Å². The molecule has 78 valence electrons. The highest BCUT2D eigenvalue weighted by Crippen LogP contribution is 2.10. The lowest BCUT2D eigenvalue weighted by molar-refractivity contribution is -0.136. The zero-order chi connectivity index (χ0) is 10.6. The summed E-state index contributed by atoms with van der Waals surface area (Å²) < 4.78 is 0. The summed E-state index contributed by atoms with van der Waals surface area (Å²) in [6, 6.07) is 0.418. The second kappa shape index (κ2) is 5.07. The van der Waals surface area contributed by atoms with E-state index in [2.05, 4.69) is 24.1 Å². The Hall–Kier alpha value is -0.940. The first-order chi connectivity index (χ1) is 6.58. The van der Waals surface area contributed by atoms with E-state index in [0.29, 0.717) is 18.3 Å². The average Bonchev–Trinajstić information content (AvgIpc) is 2.47. The van der Waals surface area contributed by atoms with Gasteiger partial charge in [-0.05, 0) is 0 Å². The lowest BCUT2D eigenvalue weighted by atomic mass is 10.3. The molecule has 1 rings (SSSR count). The van der Waals surface area contributed by atoms with Gasteiger partial charge in [0.2, 0.25) is 0 Å². The fourth-order valence-corrected chi connectivity index (χ4v) is 1.70. The zero-order valence-electron chi connectivity index (χ0n) is 8.28. The first-order valence-electron chi connectivity index (χ1n) is 4.46. The molecule has 0 saturated carbocycles. The number of hydrogen-bond acceptors (Lipinski definition) is 4. The number of nitrogens with zero attached hydrogens (tertiary/aromatic N) is 1. The highest BCUT2D eigenvalue weighted by molar-refractivity contribution is 7.09. The van der Waals surface area contributed by atoms with Crippen LogP contribution in [0.5, 0.6) is 0 Å². The molecule has 0 aliphatic carbocycles. The van der Waals surface area contributed by atoms with Crippen LogP contribution in [0.1, 0.15) is 24.5 Å². The number of carboxylic acids is 1. The molecule has 5 heteroatoms. The maximum absolute atomic E-state index is 10.4. The number of nitrogens with one attached hydrogen (secondary N) is 1. The smallest absolute Gasteiger partial charge is 0.309 e. The minimum atomic E-state index is -0.835. The Morgan fingerprint density at radius 3 is 3.00 bits per heavy atom. The van der Waals surface area contributed by atoms with Gasteiger partial charge in [0.25, 0.3) is 0 Å². The van der Waals surface area contributed by atoms with Crippen molar-refractivity contribution in [2.45, 2.75) is 32.9 Å². The first-order valence-corrected chi connectivity index (χ1v) is 5.34. The van der Waals surface area contributed by atoms with Gasteiger partial charge in [0, 0.05) is 18.0 Å². The lowest BCUT2D eigenvalue weighted by Gasteiger charge is -2.04. The molecule has 0 bridgehead atoms. The molecule has 1 aromatic rings. The molecule has 2 N–H and O–H groups in total. The summed E-state index contributed by atoms with van der Waals surface area (Å²) in [6.07, 6.45) is 0.0121. The average molecular weight is 214 g/mol. The van der Waals surface area contributed by atoms with Crippen LogP contribution in [0, 0.1) is 0 Å². The SMILES string of the molecule is CC(C)NCc1nc(CC(=O)O)cs1. The number of carboxylic acid groups (broad SMARTS) is 1. The zero-order valence-corrected chi connectivity index (χ0v) is 9.10. The number of rotatable bonds is 5. The number of thiazole rings is 1. The van der Waals surface area contributed by atoms with Crippen molar-refractivity contribution in [3.05, 3.63) is 16.1 Å². The van der Waals surface area contributed by atoms with E-state index in [9.17, 15) is 4.79 Å². The van der Waals surface area contributed by atoms with Crippen LogP contribution in [0.4, 0.5) is 0 Å². The van der Waals surface area contributed by atoms with E-state index in [1.165, 1.54) is 11.3 Å². The van der Waals surface area contributed by atoms with E-state index in [4.69, 9.17) is 5.11 Å².